The minimum Gasteiger partial charge on any atom is -0.495 e. The van der Waals surface area contributed by atoms with Crippen molar-refractivity contribution >= 4 is 0 Å². The lowest BCUT2D eigenvalue weighted by Gasteiger charge is -2.25. The molecule has 0 aliphatic carbocycles. The van der Waals surface area contributed by atoms with Gasteiger partial charge in [0.25, 0.3) is 0 Å². The van der Waals surface area contributed by atoms with Gasteiger partial charge in [0.15, 0.2) is 0 Å². The molecule has 19 heavy (non-hydrogen) atoms. The van der Waals surface area contributed by atoms with E-state index in [-0.39, 0.29) is 11.6 Å². The first-order valence-corrected chi connectivity index (χ1v) is 6.82. The molecule has 108 valence electrons. The van der Waals surface area contributed by atoms with Gasteiger partial charge < -0.3 is 14.8 Å². The van der Waals surface area contributed by atoms with E-state index < -0.39 is 0 Å². The van der Waals surface area contributed by atoms with Gasteiger partial charge in [0.2, 0.25) is 0 Å². The summed E-state index contributed by atoms with van der Waals surface area (Å²) in [7, 11) is 1.65. The van der Waals surface area contributed by atoms with Crippen LogP contribution >= 0.6 is 0 Å². The van der Waals surface area contributed by atoms with Crippen LogP contribution in [0.3, 0.4) is 0 Å². The number of methoxy groups -OCH3 is 1. The Morgan fingerprint density at radius 1 is 1.32 bits per heavy atom. The van der Waals surface area contributed by atoms with Gasteiger partial charge in [0.05, 0.1) is 31.6 Å². The van der Waals surface area contributed by atoms with Gasteiger partial charge in [-0.1, -0.05) is 6.92 Å². The monoisotopic (exact) mass is 266 g/mol. The molecule has 0 aliphatic heterocycles. The van der Waals surface area contributed by atoms with Crippen LogP contribution in [0.25, 0.3) is 0 Å². The van der Waals surface area contributed by atoms with E-state index >= 15 is 0 Å². The SMILES string of the molecule is CCCNC(COC(C)(C)C)c1cncc(OC)c1. The van der Waals surface area contributed by atoms with Crippen molar-refractivity contribution < 1.29 is 9.47 Å². The molecule has 0 spiro atoms. The molecule has 0 amide bonds. The largest absolute Gasteiger partial charge is 0.495 e. The van der Waals surface area contributed by atoms with Crippen molar-refractivity contribution in [2.45, 2.75) is 45.8 Å². The molecular weight excluding hydrogens is 240 g/mol. The van der Waals surface area contributed by atoms with Crippen LogP contribution in [0.2, 0.25) is 0 Å². The van der Waals surface area contributed by atoms with Crippen molar-refractivity contribution in [3.8, 4) is 5.75 Å². The third kappa shape index (κ3) is 6.03. The summed E-state index contributed by atoms with van der Waals surface area (Å²) >= 11 is 0. The van der Waals surface area contributed by atoms with E-state index in [2.05, 4.69) is 38.0 Å². The zero-order valence-corrected chi connectivity index (χ0v) is 12.7. The standard InChI is InChI=1S/C15H26N2O2/c1-6-7-17-14(11-19-15(2,3)4)12-8-13(18-5)10-16-9-12/h8-10,14,17H,6-7,11H2,1-5H3. The Morgan fingerprint density at radius 2 is 2.05 bits per heavy atom. The summed E-state index contributed by atoms with van der Waals surface area (Å²) in [4.78, 5) is 4.21. The van der Waals surface area contributed by atoms with E-state index in [1.165, 1.54) is 0 Å². The first-order chi connectivity index (χ1) is 8.96. The van der Waals surface area contributed by atoms with Crippen LogP contribution in [0.5, 0.6) is 5.75 Å². The Labute approximate surface area is 116 Å². The molecule has 0 fully saturated rings. The van der Waals surface area contributed by atoms with Crippen molar-refractivity contribution in [3.63, 3.8) is 0 Å². The van der Waals surface area contributed by atoms with Gasteiger partial charge in [0, 0.05) is 6.20 Å². The third-order valence-corrected chi connectivity index (χ3v) is 2.70. The number of hydrogen-bond donors (Lipinski definition) is 1. The quantitative estimate of drug-likeness (QED) is 0.824. The molecule has 1 aromatic heterocycles. The van der Waals surface area contributed by atoms with Gasteiger partial charge in [-0.15, -0.1) is 0 Å². The highest BCUT2D eigenvalue weighted by atomic mass is 16.5. The highest BCUT2D eigenvalue weighted by Crippen LogP contribution is 2.20. The molecule has 4 heteroatoms. The van der Waals surface area contributed by atoms with Crippen LogP contribution in [0.1, 0.15) is 45.7 Å². The summed E-state index contributed by atoms with van der Waals surface area (Å²) in [5.74, 6) is 0.775. The summed E-state index contributed by atoms with van der Waals surface area (Å²) < 4.78 is 11.1. The topological polar surface area (TPSA) is 43.4 Å². The number of ether oxygens (including phenoxy) is 2. The zero-order valence-electron chi connectivity index (χ0n) is 12.7. The van der Waals surface area contributed by atoms with E-state index in [9.17, 15) is 0 Å². The van der Waals surface area contributed by atoms with Gasteiger partial charge in [0.1, 0.15) is 5.75 Å². The number of rotatable bonds is 7. The average molecular weight is 266 g/mol. The second-order valence-corrected chi connectivity index (χ2v) is 5.59. The van der Waals surface area contributed by atoms with Gasteiger partial charge in [-0.25, -0.2) is 0 Å². The Morgan fingerprint density at radius 3 is 2.63 bits per heavy atom. The molecule has 1 heterocycles. The summed E-state index contributed by atoms with van der Waals surface area (Å²) in [6, 6.07) is 2.15. The van der Waals surface area contributed by atoms with Crippen molar-refractivity contribution in [3.05, 3.63) is 24.0 Å². The van der Waals surface area contributed by atoms with Crippen LogP contribution in [-0.4, -0.2) is 30.8 Å². The molecule has 4 nitrogen and oxygen atoms in total. The maximum absolute atomic E-state index is 5.89. The lowest BCUT2D eigenvalue weighted by Crippen LogP contribution is -2.30. The third-order valence-electron chi connectivity index (χ3n) is 2.70. The summed E-state index contributed by atoms with van der Waals surface area (Å²) in [5, 5.41) is 3.49. The summed E-state index contributed by atoms with van der Waals surface area (Å²) in [6.07, 6.45) is 4.66. The predicted octanol–water partition coefficient (Wildman–Crippen LogP) is 2.95. The highest BCUT2D eigenvalue weighted by molar-refractivity contribution is 5.26. The van der Waals surface area contributed by atoms with Crippen LogP contribution in [0, 0.1) is 0 Å². The molecule has 1 unspecified atom stereocenters. The fourth-order valence-corrected chi connectivity index (χ4v) is 1.66. The number of nitrogens with zero attached hydrogens (tertiary/aromatic N) is 1. The van der Waals surface area contributed by atoms with Gasteiger partial charge >= 0.3 is 0 Å². The molecular formula is C15H26N2O2. The molecule has 0 aliphatic rings. The average Bonchev–Trinajstić information content (AvgIpc) is 2.38. The maximum Gasteiger partial charge on any atom is 0.137 e. The molecule has 0 saturated carbocycles. The van der Waals surface area contributed by atoms with Crippen LogP contribution in [0.15, 0.2) is 18.5 Å². The molecule has 1 aromatic rings. The fraction of sp³-hybridized carbons (Fsp3) is 0.667. The number of aromatic nitrogens is 1. The minimum atomic E-state index is -0.140. The molecule has 0 saturated heterocycles. The second kappa shape index (κ2) is 7.46. The van der Waals surface area contributed by atoms with E-state index in [1.54, 1.807) is 13.3 Å². The normalized spacial score (nSPS) is 13.3. The van der Waals surface area contributed by atoms with Gasteiger partial charge in [-0.2, -0.15) is 0 Å². The number of pyridine rings is 1. The van der Waals surface area contributed by atoms with Crippen molar-refractivity contribution in [2.24, 2.45) is 0 Å². The molecule has 0 radical (unpaired) electrons. The highest BCUT2D eigenvalue weighted by Gasteiger charge is 2.17. The number of nitrogens with one attached hydrogen (secondary N) is 1. The lowest BCUT2D eigenvalue weighted by atomic mass is 10.1. The Bertz CT molecular complexity index is 375. The first-order valence-electron chi connectivity index (χ1n) is 6.82. The van der Waals surface area contributed by atoms with E-state index in [1.807, 2.05) is 12.3 Å². The maximum atomic E-state index is 5.89. The number of hydrogen-bond acceptors (Lipinski definition) is 4. The Hall–Kier alpha value is -1.13. The van der Waals surface area contributed by atoms with Crippen molar-refractivity contribution in [2.75, 3.05) is 20.3 Å². The zero-order chi connectivity index (χ0) is 14.3. The molecule has 1 N–H and O–H groups in total. The Balaban J connectivity index is 2.76. The smallest absolute Gasteiger partial charge is 0.137 e. The van der Waals surface area contributed by atoms with Crippen molar-refractivity contribution in [1.29, 1.82) is 0 Å². The van der Waals surface area contributed by atoms with E-state index in [4.69, 9.17) is 9.47 Å². The van der Waals surface area contributed by atoms with Crippen LogP contribution in [-0.2, 0) is 4.74 Å². The van der Waals surface area contributed by atoms with Crippen molar-refractivity contribution in [1.82, 2.24) is 10.3 Å². The first kappa shape index (κ1) is 15.9. The van der Waals surface area contributed by atoms with E-state index in [0.717, 1.165) is 24.3 Å². The predicted molar refractivity (Wildman–Crippen MR) is 77.5 cm³/mol. The van der Waals surface area contributed by atoms with Crippen LogP contribution in [0.4, 0.5) is 0 Å². The summed E-state index contributed by atoms with van der Waals surface area (Å²) in [5.41, 5.74) is 0.954. The van der Waals surface area contributed by atoms with Crippen LogP contribution < -0.4 is 10.1 Å². The molecule has 0 aromatic carbocycles. The molecule has 1 rings (SSSR count). The Kier molecular flexibility index (Phi) is 6.25. The lowest BCUT2D eigenvalue weighted by molar-refractivity contribution is -0.0148. The minimum absolute atomic E-state index is 0.140. The fourth-order valence-electron chi connectivity index (χ4n) is 1.66. The van der Waals surface area contributed by atoms with E-state index in [0.29, 0.717) is 6.61 Å². The molecule has 1 atom stereocenters. The summed E-state index contributed by atoms with van der Waals surface area (Å²) in [6.45, 7) is 9.92. The van der Waals surface area contributed by atoms with Gasteiger partial charge in [-0.05, 0) is 45.4 Å². The van der Waals surface area contributed by atoms with Gasteiger partial charge in [-0.3, -0.25) is 4.98 Å². The molecule has 0 bridgehead atoms. The second-order valence-electron chi connectivity index (χ2n) is 5.59.